The van der Waals surface area contributed by atoms with Crippen LogP contribution < -0.4 is 5.32 Å². The Morgan fingerprint density at radius 3 is 2.48 bits per heavy atom. The van der Waals surface area contributed by atoms with Gasteiger partial charge in [0.05, 0.1) is 5.56 Å². The van der Waals surface area contributed by atoms with E-state index >= 15 is 0 Å². The minimum atomic E-state index is -1.68. The Morgan fingerprint density at radius 1 is 1.30 bits per heavy atom. The fraction of sp³-hybridized carbons (Fsp3) is 0.533. The summed E-state index contributed by atoms with van der Waals surface area (Å²) in [6, 6.07) is 0.500. The van der Waals surface area contributed by atoms with Crippen LogP contribution in [0.5, 0.6) is 5.75 Å². The van der Waals surface area contributed by atoms with Crippen LogP contribution in [0.3, 0.4) is 0 Å². The average Bonchev–Trinajstić information content (AvgIpc) is 2.54. The van der Waals surface area contributed by atoms with Gasteiger partial charge in [0.15, 0.2) is 17.4 Å². The Kier molecular flexibility index (Phi) is 7.15. The second-order valence-corrected chi connectivity index (χ2v) is 5.51. The van der Waals surface area contributed by atoms with Gasteiger partial charge in [0, 0.05) is 13.1 Å². The molecule has 130 valence electrons. The number of phenolic OH excluding ortho intramolecular Hbond substituents is 1. The Labute approximate surface area is 139 Å². The van der Waals surface area contributed by atoms with Gasteiger partial charge in [-0.15, -0.1) is 12.4 Å². The summed E-state index contributed by atoms with van der Waals surface area (Å²) in [6.07, 6.45) is 2.56. The van der Waals surface area contributed by atoms with Crippen molar-refractivity contribution >= 4 is 18.3 Å². The number of halogens is 4. The number of nitrogens with zero attached hydrogens (tertiary/aromatic N) is 1. The van der Waals surface area contributed by atoms with Gasteiger partial charge < -0.3 is 15.3 Å². The van der Waals surface area contributed by atoms with Crippen LogP contribution in [-0.2, 0) is 0 Å². The van der Waals surface area contributed by atoms with E-state index in [1.807, 2.05) is 7.05 Å². The van der Waals surface area contributed by atoms with Crippen molar-refractivity contribution in [1.82, 2.24) is 10.2 Å². The van der Waals surface area contributed by atoms with E-state index in [0.717, 1.165) is 25.8 Å². The summed E-state index contributed by atoms with van der Waals surface area (Å²) in [7, 11) is 1.87. The Morgan fingerprint density at radius 2 is 1.91 bits per heavy atom. The quantitative estimate of drug-likeness (QED) is 0.819. The topological polar surface area (TPSA) is 52.6 Å². The first-order valence-corrected chi connectivity index (χ1v) is 7.26. The van der Waals surface area contributed by atoms with Gasteiger partial charge in [-0.3, -0.25) is 4.79 Å². The van der Waals surface area contributed by atoms with Crippen molar-refractivity contribution < 1.29 is 23.1 Å². The highest BCUT2D eigenvalue weighted by molar-refractivity contribution is 5.95. The first kappa shape index (κ1) is 19.6. The number of likely N-dealkylation sites (tertiary alicyclic amines) is 1. The lowest BCUT2D eigenvalue weighted by molar-refractivity contribution is 0.0680. The summed E-state index contributed by atoms with van der Waals surface area (Å²) < 4.78 is 40.1. The Hall–Kier alpha value is -1.47. The second-order valence-electron chi connectivity index (χ2n) is 5.51. The molecule has 1 aliphatic heterocycles. The third-order valence-corrected chi connectivity index (χ3v) is 4.07. The minimum Gasteiger partial charge on any atom is -0.503 e. The summed E-state index contributed by atoms with van der Waals surface area (Å²) >= 11 is 0. The van der Waals surface area contributed by atoms with Crippen molar-refractivity contribution in [3.63, 3.8) is 0 Å². The van der Waals surface area contributed by atoms with Crippen molar-refractivity contribution in [3.8, 4) is 5.75 Å². The maximum atomic E-state index is 13.8. The number of nitrogens with one attached hydrogen (secondary N) is 1. The molecular formula is C15H20ClF3N2O2. The van der Waals surface area contributed by atoms with E-state index in [2.05, 4.69) is 5.32 Å². The molecule has 1 aromatic rings. The molecule has 4 nitrogen and oxygen atoms in total. The van der Waals surface area contributed by atoms with Crippen LogP contribution in [0.1, 0.15) is 29.6 Å². The molecule has 2 rings (SSSR count). The van der Waals surface area contributed by atoms with Crippen molar-refractivity contribution in [2.75, 3.05) is 26.7 Å². The molecule has 1 heterocycles. The fourth-order valence-corrected chi connectivity index (χ4v) is 2.69. The van der Waals surface area contributed by atoms with E-state index in [1.165, 1.54) is 4.90 Å². The van der Waals surface area contributed by atoms with Gasteiger partial charge in [0.1, 0.15) is 0 Å². The Balaban J connectivity index is 0.00000264. The monoisotopic (exact) mass is 352 g/mol. The van der Waals surface area contributed by atoms with Crippen molar-refractivity contribution in [2.45, 2.75) is 19.3 Å². The molecule has 0 saturated carbocycles. The second kappa shape index (κ2) is 8.40. The van der Waals surface area contributed by atoms with Gasteiger partial charge in [0.2, 0.25) is 5.82 Å². The number of piperidine rings is 1. The first-order valence-electron chi connectivity index (χ1n) is 7.26. The first-order chi connectivity index (χ1) is 10.5. The standard InChI is InChI=1S/C15H19F3N2O2.ClH/c1-19-5-2-9-3-6-20(7-4-9)15(22)10-8-11(16)13(18)14(21)12(10)17;/h8-9,19,21H,2-7H2,1H3;1H. The minimum absolute atomic E-state index is 0. The van der Waals surface area contributed by atoms with E-state index in [1.54, 1.807) is 0 Å². The number of carbonyl (C=O) groups is 1. The van der Waals surface area contributed by atoms with Crippen LogP contribution in [0.2, 0.25) is 0 Å². The number of aromatic hydroxyl groups is 1. The largest absolute Gasteiger partial charge is 0.503 e. The molecule has 0 bridgehead atoms. The van der Waals surface area contributed by atoms with Crippen LogP contribution in [0.4, 0.5) is 13.2 Å². The predicted octanol–water partition coefficient (Wildman–Crippen LogP) is 2.69. The van der Waals surface area contributed by atoms with Crippen molar-refractivity contribution in [2.24, 2.45) is 5.92 Å². The number of hydrogen-bond donors (Lipinski definition) is 2. The molecule has 0 radical (unpaired) electrons. The number of benzene rings is 1. The van der Waals surface area contributed by atoms with Gasteiger partial charge in [0.25, 0.3) is 5.91 Å². The molecule has 8 heteroatoms. The zero-order valence-electron chi connectivity index (χ0n) is 12.7. The number of hydrogen-bond acceptors (Lipinski definition) is 3. The lowest BCUT2D eigenvalue weighted by Gasteiger charge is -2.32. The van der Waals surface area contributed by atoms with Gasteiger partial charge in [-0.05, 0) is 44.8 Å². The van der Waals surface area contributed by atoms with E-state index in [4.69, 9.17) is 0 Å². The van der Waals surface area contributed by atoms with E-state index in [9.17, 15) is 23.1 Å². The summed E-state index contributed by atoms with van der Waals surface area (Å²) in [5.41, 5.74) is -0.634. The molecule has 1 aliphatic rings. The number of rotatable bonds is 4. The Bertz CT molecular complexity index is 564. The highest BCUT2D eigenvalue weighted by Gasteiger charge is 2.28. The van der Waals surface area contributed by atoms with Gasteiger partial charge >= 0.3 is 0 Å². The zero-order chi connectivity index (χ0) is 16.3. The van der Waals surface area contributed by atoms with Gasteiger partial charge in [-0.2, -0.15) is 4.39 Å². The van der Waals surface area contributed by atoms with Gasteiger partial charge in [-0.25, -0.2) is 8.78 Å². The van der Waals surface area contributed by atoms with Crippen LogP contribution >= 0.6 is 12.4 Å². The van der Waals surface area contributed by atoms with Crippen LogP contribution in [0, 0.1) is 23.4 Å². The van der Waals surface area contributed by atoms with Crippen LogP contribution in [0.25, 0.3) is 0 Å². The molecule has 0 unspecified atom stereocenters. The van der Waals surface area contributed by atoms with E-state index in [-0.39, 0.29) is 12.4 Å². The molecule has 0 aliphatic carbocycles. The summed E-state index contributed by atoms with van der Waals surface area (Å²) in [6.45, 7) is 1.77. The molecule has 1 saturated heterocycles. The van der Waals surface area contributed by atoms with Crippen LogP contribution in [0.15, 0.2) is 6.07 Å². The fourth-order valence-electron chi connectivity index (χ4n) is 2.69. The van der Waals surface area contributed by atoms with Crippen molar-refractivity contribution in [1.29, 1.82) is 0 Å². The highest BCUT2D eigenvalue weighted by Crippen LogP contribution is 2.28. The summed E-state index contributed by atoms with van der Waals surface area (Å²) in [5.74, 6) is -6.22. The predicted molar refractivity (Wildman–Crippen MR) is 82.4 cm³/mol. The summed E-state index contributed by atoms with van der Waals surface area (Å²) in [4.78, 5) is 13.6. The lowest BCUT2D eigenvalue weighted by Crippen LogP contribution is -2.39. The molecule has 1 fully saturated rings. The van der Waals surface area contributed by atoms with E-state index < -0.39 is 34.7 Å². The highest BCUT2D eigenvalue weighted by atomic mass is 35.5. The number of carbonyl (C=O) groups excluding carboxylic acids is 1. The molecule has 1 aromatic carbocycles. The zero-order valence-corrected chi connectivity index (χ0v) is 13.6. The maximum absolute atomic E-state index is 13.8. The van der Waals surface area contributed by atoms with Gasteiger partial charge in [-0.1, -0.05) is 0 Å². The molecule has 0 atom stereocenters. The molecule has 2 N–H and O–H groups in total. The third kappa shape index (κ3) is 4.29. The lowest BCUT2D eigenvalue weighted by atomic mass is 9.93. The molecular weight excluding hydrogens is 333 g/mol. The van der Waals surface area contributed by atoms with E-state index in [0.29, 0.717) is 25.1 Å². The maximum Gasteiger partial charge on any atom is 0.257 e. The van der Waals surface area contributed by atoms with Crippen molar-refractivity contribution in [3.05, 3.63) is 29.1 Å². The molecule has 1 amide bonds. The molecule has 0 aromatic heterocycles. The number of amides is 1. The number of phenols is 1. The summed E-state index contributed by atoms with van der Waals surface area (Å²) in [5, 5.41) is 12.3. The smallest absolute Gasteiger partial charge is 0.257 e. The SMILES string of the molecule is CNCCC1CCN(C(=O)c2cc(F)c(F)c(O)c2F)CC1.Cl. The molecule has 23 heavy (non-hydrogen) atoms. The third-order valence-electron chi connectivity index (χ3n) is 4.07. The normalized spacial score (nSPS) is 15.4. The molecule has 0 spiro atoms. The van der Waals surface area contributed by atoms with Crippen LogP contribution in [-0.4, -0.2) is 42.6 Å². The average molecular weight is 353 g/mol.